The van der Waals surface area contributed by atoms with Crippen LogP contribution in [0.3, 0.4) is 0 Å². The predicted molar refractivity (Wildman–Crippen MR) is 57.0 cm³/mol. The summed E-state index contributed by atoms with van der Waals surface area (Å²) in [4.78, 5) is 0. The molecule has 1 N–H and O–H groups in total. The van der Waals surface area contributed by atoms with Gasteiger partial charge in [0.2, 0.25) is 0 Å². The van der Waals surface area contributed by atoms with Crippen LogP contribution >= 0.6 is 0 Å². The fourth-order valence-electron chi connectivity index (χ4n) is 2.51. The third kappa shape index (κ3) is 1.82. The predicted octanol–water partition coefficient (Wildman–Crippen LogP) is 1.87. The molecular formula is C11H19N3. The van der Waals surface area contributed by atoms with E-state index >= 15 is 0 Å². The van der Waals surface area contributed by atoms with Gasteiger partial charge in [0.05, 0.1) is 11.7 Å². The van der Waals surface area contributed by atoms with Gasteiger partial charge in [0.25, 0.3) is 0 Å². The van der Waals surface area contributed by atoms with Crippen molar-refractivity contribution in [1.82, 2.24) is 15.1 Å². The molecule has 3 heteroatoms. The van der Waals surface area contributed by atoms with Crippen LogP contribution in [0.4, 0.5) is 0 Å². The first-order valence-corrected chi connectivity index (χ1v) is 5.48. The standard InChI is InChI=1S/C11H19N3/c1-12-11(9-5-3-4-6-9)10-7-8-14(2)13-10/h7-9,11-12H,3-6H2,1-2H3. The summed E-state index contributed by atoms with van der Waals surface area (Å²) in [7, 11) is 4.02. The Morgan fingerprint density at radius 3 is 2.71 bits per heavy atom. The van der Waals surface area contributed by atoms with Gasteiger partial charge in [0.1, 0.15) is 0 Å². The smallest absolute Gasteiger partial charge is 0.0796 e. The topological polar surface area (TPSA) is 29.9 Å². The van der Waals surface area contributed by atoms with Crippen molar-refractivity contribution in [2.24, 2.45) is 13.0 Å². The minimum absolute atomic E-state index is 0.457. The lowest BCUT2D eigenvalue weighted by atomic mass is 9.96. The largest absolute Gasteiger partial charge is 0.311 e. The molecule has 0 aromatic carbocycles. The van der Waals surface area contributed by atoms with Crippen molar-refractivity contribution in [1.29, 1.82) is 0 Å². The van der Waals surface area contributed by atoms with E-state index in [1.807, 2.05) is 25.0 Å². The summed E-state index contributed by atoms with van der Waals surface area (Å²) in [6.45, 7) is 0. The number of hydrogen-bond acceptors (Lipinski definition) is 2. The van der Waals surface area contributed by atoms with Crippen molar-refractivity contribution in [2.75, 3.05) is 7.05 Å². The molecule has 0 spiro atoms. The summed E-state index contributed by atoms with van der Waals surface area (Å²) >= 11 is 0. The molecule has 0 aliphatic heterocycles. The van der Waals surface area contributed by atoms with Crippen LogP contribution in [-0.4, -0.2) is 16.8 Å². The average Bonchev–Trinajstić information content (AvgIpc) is 2.79. The van der Waals surface area contributed by atoms with Crippen molar-refractivity contribution in [3.05, 3.63) is 18.0 Å². The van der Waals surface area contributed by atoms with E-state index in [1.165, 1.54) is 31.4 Å². The molecule has 0 radical (unpaired) electrons. The minimum atomic E-state index is 0.457. The Labute approximate surface area is 85.5 Å². The highest BCUT2D eigenvalue weighted by Gasteiger charge is 2.26. The average molecular weight is 193 g/mol. The van der Waals surface area contributed by atoms with Crippen molar-refractivity contribution in [2.45, 2.75) is 31.7 Å². The number of rotatable bonds is 3. The van der Waals surface area contributed by atoms with Gasteiger partial charge in [0.15, 0.2) is 0 Å². The Morgan fingerprint density at radius 2 is 2.21 bits per heavy atom. The van der Waals surface area contributed by atoms with Crippen LogP contribution < -0.4 is 5.32 Å². The molecule has 1 aromatic rings. The maximum absolute atomic E-state index is 4.48. The summed E-state index contributed by atoms with van der Waals surface area (Å²) in [6.07, 6.45) is 7.49. The zero-order valence-corrected chi connectivity index (χ0v) is 9.03. The van der Waals surface area contributed by atoms with Crippen LogP contribution in [0.1, 0.15) is 37.4 Å². The normalized spacial score (nSPS) is 20.1. The van der Waals surface area contributed by atoms with E-state index < -0.39 is 0 Å². The van der Waals surface area contributed by atoms with Crippen LogP contribution in [0.2, 0.25) is 0 Å². The molecule has 1 aromatic heterocycles. The molecule has 0 saturated heterocycles. The lowest BCUT2D eigenvalue weighted by Crippen LogP contribution is -2.24. The maximum atomic E-state index is 4.48. The second-order valence-corrected chi connectivity index (χ2v) is 4.23. The molecule has 1 aliphatic carbocycles. The summed E-state index contributed by atoms with van der Waals surface area (Å²) in [6, 6.07) is 2.58. The third-order valence-corrected chi connectivity index (χ3v) is 3.24. The number of nitrogens with one attached hydrogen (secondary N) is 1. The molecule has 1 saturated carbocycles. The molecule has 2 rings (SSSR count). The summed E-state index contributed by atoms with van der Waals surface area (Å²) in [5, 5.41) is 7.88. The molecule has 14 heavy (non-hydrogen) atoms. The fourth-order valence-corrected chi connectivity index (χ4v) is 2.51. The lowest BCUT2D eigenvalue weighted by molar-refractivity contribution is 0.380. The molecule has 78 valence electrons. The summed E-state index contributed by atoms with van der Waals surface area (Å²) < 4.78 is 1.88. The van der Waals surface area contributed by atoms with Gasteiger partial charge in [0, 0.05) is 13.2 Å². The molecule has 1 atom stereocenters. The second-order valence-electron chi connectivity index (χ2n) is 4.23. The van der Waals surface area contributed by atoms with Gasteiger partial charge in [-0.05, 0) is 31.9 Å². The first-order valence-electron chi connectivity index (χ1n) is 5.48. The van der Waals surface area contributed by atoms with E-state index in [9.17, 15) is 0 Å². The Bertz CT molecular complexity index is 286. The zero-order valence-electron chi connectivity index (χ0n) is 9.03. The molecule has 0 bridgehead atoms. The van der Waals surface area contributed by atoms with Gasteiger partial charge in [-0.15, -0.1) is 0 Å². The first-order chi connectivity index (χ1) is 6.81. The molecule has 1 aliphatic rings. The highest BCUT2D eigenvalue weighted by molar-refractivity contribution is 5.07. The third-order valence-electron chi connectivity index (χ3n) is 3.24. The van der Waals surface area contributed by atoms with Crippen LogP contribution in [0.25, 0.3) is 0 Å². The Balaban J connectivity index is 2.12. The van der Waals surface area contributed by atoms with Gasteiger partial charge in [-0.3, -0.25) is 4.68 Å². The van der Waals surface area contributed by atoms with E-state index in [0.717, 1.165) is 5.92 Å². The van der Waals surface area contributed by atoms with E-state index in [0.29, 0.717) is 6.04 Å². The van der Waals surface area contributed by atoms with Gasteiger partial charge in [-0.2, -0.15) is 5.10 Å². The number of hydrogen-bond donors (Lipinski definition) is 1. The van der Waals surface area contributed by atoms with Crippen molar-refractivity contribution < 1.29 is 0 Å². The van der Waals surface area contributed by atoms with E-state index in [-0.39, 0.29) is 0 Å². The highest BCUT2D eigenvalue weighted by atomic mass is 15.3. The SMILES string of the molecule is CNC(c1ccn(C)n1)C1CCCC1. The van der Waals surface area contributed by atoms with Gasteiger partial charge in [-0.25, -0.2) is 0 Å². The van der Waals surface area contributed by atoms with Gasteiger partial charge >= 0.3 is 0 Å². The summed E-state index contributed by atoms with van der Waals surface area (Å²) in [5.74, 6) is 0.787. The van der Waals surface area contributed by atoms with Crippen molar-refractivity contribution in [3.63, 3.8) is 0 Å². The number of aryl methyl sites for hydroxylation is 1. The molecular weight excluding hydrogens is 174 g/mol. The van der Waals surface area contributed by atoms with E-state index in [4.69, 9.17) is 0 Å². The zero-order chi connectivity index (χ0) is 9.97. The monoisotopic (exact) mass is 193 g/mol. The van der Waals surface area contributed by atoms with E-state index in [2.05, 4.69) is 16.5 Å². The molecule has 0 amide bonds. The number of aromatic nitrogens is 2. The molecule has 1 heterocycles. The lowest BCUT2D eigenvalue weighted by Gasteiger charge is -2.20. The Kier molecular flexibility index (Phi) is 2.87. The van der Waals surface area contributed by atoms with E-state index in [1.54, 1.807) is 0 Å². The summed E-state index contributed by atoms with van der Waals surface area (Å²) in [5.41, 5.74) is 1.20. The molecule has 1 unspecified atom stereocenters. The van der Waals surface area contributed by atoms with Crippen molar-refractivity contribution >= 4 is 0 Å². The highest BCUT2D eigenvalue weighted by Crippen LogP contribution is 2.34. The van der Waals surface area contributed by atoms with Crippen LogP contribution in [0.15, 0.2) is 12.3 Å². The van der Waals surface area contributed by atoms with Gasteiger partial charge in [-0.1, -0.05) is 12.8 Å². The van der Waals surface area contributed by atoms with Crippen LogP contribution in [0, 0.1) is 5.92 Å². The first kappa shape index (κ1) is 9.71. The Morgan fingerprint density at radius 1 is 1.50 bits per heavy atom. The minimum Gasteiger partial charge on any atom is -0.311 e. The fraction of sp³-hybridized carbons (Fsp3) is 0.727. The molecule has 1 fully saturated rings. The van der Waals surface area contributed by atoms with Crippen molar-refractivity contribution in [3.8, 4) is 0 Å². The number of nitrogens with zero attached hydrogens (tertiary/aromatic N) is 2. The maximum Gasteiger partial charge on any atom is 0.0796 e. The quantitative estimate of drug-likeness (QED) is 0.794. The second kappa shape index (κ2) is 4.13. The van der Waals surface area contributed by atoms with Crippen LogP contribution in [0.5, 0.6) is 0 Å². The molecule has 3 nitrogen and oxygen atoms in total. The van der Waals surface area contributed by atoms with Crippen LogP contribution in [-0.2, 0) is 7.05 Å². The van der Waals surface area contributed by atoms with Gasteiger partial charge < -0.3 is 5.32 Å². The Hall–Kier alpha value is -0.830.